The zero-order valence-corrected chi connectivity index (χ0v) is 15.2. The molecule has 0 aliphatic carbocycles. The third-order valence-electron chi connectivity index (χ3n) is 5.10. The molecule has 0 saturated carbocycles. The Morgan fingerprint density at radius 2 is 1.81 bits per heavy atom. The van der Waals surface area contributed by atoms with Crippen LogP contribution in [0.5, 0.6) is 11.5 Å². The Bertz CT molecular complexity index is 819. The average Bonchev–Trinajstić information content (AvgIpc) is 2.94. The maximum Gasteiger partial charge on any atom is 0.161 e. The SMILES string of the molecule is O[C@H](CN1CC=C(c2ccc(F)cc2)CC1)c1ccc2c(c1)OCCCO2. The smallest absolute Gasteiger partial charge is 0.161 e. The molecule has 0 unspecified atom stereocenters. The summed E-state index contributed by atoms with van der Waals surface area (Å²) >= 11 is 0. The van der Waals surface area contributed by atoms with Crippen LogP contribution >= 0.6 is 0 Å². The van der Waals surface area contributed by atoms with Crippen LogP contribution in [0.25, 0.3) is 5.57 Å². The first-order chi connectivity index (χ1) is 13.2. The summed E-state index contributed by atoms with van der Waals surface area (Å²) in [4.78, 5) is 2.22. The molecule has 4 rings (SSSR count). The maximum atomic E-state index is 13.1. The van der Waals surface area contributed by atoms with Gasteiger partial charge in [-0.15, -0.1) is 0 Å². The molecule has 0 amide bonds. The minimum absolute atomic E-state index is 0.213. The molecule has 0 spiro atoms. The summed E-state index contributed by atoms with van der Waals surface area (Å²) in [5.41, 5.74) is 3.14. The van der Waals surface area contributed by atoms with E-state index >= 15 is 0 Å². The number of ether oxygens (including phenoxy) is 2. The molecule has 2 heterocycles. The average molecular weight is 369 g/mol. The largest absolute Gasteiger partial charge is 0.490 e. The van der Waals surface area contributed by atoms with Gasteiger partial charge in [0.15, 0.2) is 11.5 Å². The number of benzene rings is 2. The van der Waals surface area contributed by atoms with Crippen molar-refractivity contribution in [3.8, 4) is 11.5 Å². The normalized spacial score (nSPS) is 18.5. The van der Waals surface area contributed by atoms with Gasteiger partial charge >= 0.3 is 0 Å². The number of fused-ring (bicyclic) bond motifs is 1. The summed E-state index contributed by atoms with van der Waals surface area (Å²) in [6, 6.07) is 12.3. The van der Waals surface area contributed by atoms with Crippen LogP contribution in [-0.2, 0) is 0 Å². The highest BCUT2D eigenvalue weighted by atomic mass is 19.1. The highest BCUT2D eigenvalue weighted by molar-refractivity contribution is 5.66. The highest BCUT2D eigenvalue weighted by Gasteiger charge is 2.19. The Morgan fingerprint density at radius 1 is 1.04 bits per heavy atom. The third kappa shape index (κ3) is 4.31. The third-order valence-corrected chi connectivity index (χ3v) is 5.10. The predicted molar refractivity (Wildman–Crippen MR) is 102 cm³/mol. The monoisotopic (exact) mass is 369 g/mol. The summed E-state index contributed by atoms with van der Waals surface area (Å²) in [5, 5.41) is 10.7. The molecule has 4 nitrogen and oxygen atoms in total. The van der Waals surface area contributed by atoms with Crippen molar-refractivity contribution in [1.29, 1.82) is 0 Å². The van der Waals surface area contributed by atoms with E-state index in [0.717, 1.165) is 42.8 Å². The summed E-state index contributed by atoms with van der Waals surface area (Å²) in [5.74, 6) is 1.24. The number of nitrogens with zero attached hydrogens (tertiary/aromatic N) is 1. The number of hydrogen-bond donors (Lipinski definition) is 1. The standard InChI is InChI=1S/C22H24FNO3/c23-19-5-2-16(3-6-19)17-8-10-24(11-9-17)15-20(25)18-4-7-21-22(14-18)27-13-1-12-26-21/h2-8,14,20,25H,1,9-13,15H2/t20-/m1/s1. The van der Waals surface area contributed by atoms with Crippen LogP contribution in [0.15, 0.2) is 48.5 Å². The van der Waals surface area contributed by atoms with Crippen LogP contribution in [0.2, 0.25) is 0 Å². The number of rotatable bonds is 4. The molecular formula is C22H24FNO3. The summed E-state index contributed by atoms with van der Waals surface area (Å²) in [7, 11) is 0. The van der Waals surface area contributed by atoms with Crippen LogP contribution in [-0.4, -0.2) is 42.9 Å². The van der Waals surface area contributed by atoms with Crippen LogP contribution in [0.1, 0.15) is 30.1 Å². The topological polar surface area (TPSA) is 41.9 Å². The Kier molecular flexibility index (Phi) is 5.41. The lowest BCUT2D eigenvalue weighted by atomic mass is 9.99. The van der Waals surface area contributed by atoms with Gasteiger partial charge < -0.3 is 14.6 Å². The molecule has 2 aromatic rings. The molecule has 0 fully saturated rings. The molecule has 0 bridgehead atoms. The first kappa shape index (κ1) is 18.0. The van der Waals surface area contributed by atoms with Crippen LogP contribution in [0, 0.1) is 5.82 Å². The van der Waals surface area contributed by atoms with E-state index in [-0.39, 0.29) is 5.82 Å². The van der Waals surface area contributed by atoms with Gasteiger partial charge in [-0.1, -0.05) is 24.3 Å². The van der Waals surface area contributed by atoms with Gasteiger partial charge in [0.05, 0.1) is 19.3 Å². The minimum atomic E-state index is -0.581. The van der Waals surface area contributed by atoms with E-state index in [1.54, 1.807) is 0 Å². The molecule has 2 aliphatic rings. The van der Waals surface area contributed by atoms with E-state index in [1.807, 2.05) is 30.3 Å². The maximum absolute atomic E-state index is 13.1. The zero-order chi connectivity index (χ0) is 18.6. The van der Waals surface area contributed by atoms with Gasteiger partial charge in [-0.3, -0.25) is 4.90 Å². The number of hydrogen-bond acceptors (Lipinski definition) is 4. The zero-order valence-electron chi connectivity index (χ0n) is 15.2. The van der Waals surface area contributed by atoms with E-state index in [1.165, 1.54) is 17.7 Å². The molecule has 1 N–H and O–H groups in total. The van der Waals surface area contributed by atoms with Crippen molar-refractivity contribution in [2.24, 2.45) is 0 Å². The van der Waals surface area contributed by atoms with Crippen molar-refractivity contribution in [1.82, 2.24) is 4.90 Å². The molecule has 142 valence electrons. The van der Waals surface area contributed by atoms with Gasteiger partial charge in [-0.2, -0.15) is 0 Å². The fourth-order valence-electron chi connectivity index (χ4n) is 3.54. The van der Waals surface area contributed by atoms with Crippen molar-refractivity contribution in [3.63, 3.8) is 0 Å². The first-order valence-corrected chi connectivity index (χ1v) is 9.44. The first-order valence-electron chi connectivity index (χ1n) is 9.44. The molecule has 27 heavy (non-hydrogen) atoms. The fraction of sp³-hybridized carbons (Fsp3) is 0.364. The second-order valence-electron chi connectivity index (χ2n) is 7.02. The van der Waals surface area contributed by atoms with Crippen LogP contribution in [0.4, 0.5) is 4.39 Å². The van der Waals surface area contributed by atoms with Crippen molar-refractivity contribution in [2.45, 2.75) is 18.9 Å². The summed E-state index contributed by atoms with van der Waals surface area (Å²) in [6.07, 6.45) is 3.34. The van der Waals surface area contributed by atoms with Gasteiger partial charge in [-0.05, 0) is 47.4 Å². The van der Waals surface area contributed by atoms with Crippen LogP contribution < -0.4 is 9.47 Å². The molecule has 0 saturated heterocycles. The van der Waals surface area contributed by atoms with Gasteiger partial charge in [0.1, 0.15) is 5.82 Å². The van der Waals surface area contributed by atoms with Crippen LogP contribution in [0.3, 0.4) is 0 Å². The molecule has 1 atom stereocenters. The lowest BCUT2D eigenvalue weighted by molar-refractivity contribution is 0.118. The Balaban J connectivity index is 1.38. The van der Waals surface area contributed by atoms with E-state index in [2.05, 4.69) is 11.0 Å². The molecular weight excluding hydrogens is 345 g/mol. The van der Waals surface area contributed by atoms with E-state index in [9.17, 15) is 9.50 Å². The van der Waals surface area contributed by atoms with Crippen molar-refractivity contribution < 1.29 is 19.0 Å². The Morgan fingerprint density at radius 3 is 2.56 bits per heavy atom. The second kappa shape index (κ2) is 8.11. The van der Waals surface area contributed by atoms with E-state index in [0.29, 0.717) is 25.5 Å². The number of aliphatic hydroxyl groups excluding tert-OH is 1. The molecule has 0 aromatic heterocycles. The van der Waals surface area contributed by atoms with Gasteiger partial charge in [0.2, 0.25) is 0 Å². The number of aliphatic hydroxyl groups is 1. The number of β-amino-alcohol motifs (C(OH)–C–C–N with tert-alkyl or cyclic N) is 1. The van der Waals surface area contributed by atoms with Gasteiger partial charge in [-0.25, -0.2) is 4.39 Å². The molecule has 2 aliphatic heterocycles. The summed E-state index contributed by atoms with van der Waals surface area (Å²) in [6.45, 7) is 3.49. The van der Waals surface area contributed by atoms with E-state index in [4.69, 9.17) is 9.47 Å². The number of halogens is 1. The summed E-state index contributed by atoms with van der Waals surface area (Å²) < 4.78 is 24.4. The van der Waals surface area contributed by atoms with E-state index < -0.39 is 6.10 Å². The quantitative estimate of drug-likeness (QED) is 0.890. The lowest BCUT2D eigenvalue weighted by Crippen LogP contribution is -2.32. The minimum Gasteiger partial charge on any atom is -0.490 e. The Hall–Kier alpha value is -2.37. The predicted octanol–water partition coefficient (Wildman–Crippen LogP) is 3.81. The lowest BCUT2D eigenvalue weighted by Gasteiger charge is -2.28. The van der Waals surface area contributed by atoms with Gasteiger partial charge in [0.25, 0.3) is 0 Å². The van der Waals surface area contributed by atoms with Crippen molar-refractivity contribution in [2.75, 3.05) is 32.8 Å². The highest BCUT2D eigenvalue weighted by Crippen LogP contribution is 2.33. The van der Waals surface area contributed by atoms with Crippen molar-refractivity contribution in [3.05, 3.63) is 65.5 Å². The second-order valence-corrected chi connectivity index (χ2v) is 7.02. The molecule has 0 radical (unpaired) electrons. The van der Waals surface area contributed by atoms with Gasteiger partial charge in [0, 0.05) is 26.1 Å². The Labute approximate surface area is 158 Å². The van der Waals surface area contributed by atoms with Crippen molar-refractivity contribution >= 4 is 5.57 Å². The molecule has 2 aromatic carbocycles. The fourth-order valence-corrected chi connectivity index (χ4v) is 3.54. The molecule has 5 heteroatoms.